The molecule has 7 nitrogen and oxygen atoms in total. The first-order chi connectivity index (χ1) is 14.0. The molecule has 0 aliphatic carbocycles. The average molecular weight is 442 g/mol. The van der Waals surface area contributed by atoms with Crippen LogP contribution in [0.4, 0.5) is 28.3 Å². The van der Waals surface area contributed by atoms with Crippen molar-refractivity contribution in [1.82, 2.24) is 9.78 Å². The first kappa shape index (κ1) is 21.4. The summed E-state index contributed by atoms with van der Waals surface area (Å²) in [6.45, 7) is 3.16. The van der Waals surface area contributed by atoms with Crippen LogP contribution in [0.5, 0.6) is 0 Å². The Balaban J connectivity index is 2.06. The van der Waals surface area contributed by atoms with E-state index in [1.807, 2.05) is 0 Å². The van der Waals surface area contributed by atoms with Crippen molar-refractivity contribution in [2.24, 2.45) is 0 Å². The third kappa shape index (κ3) is 4.17. The van der Waals surface area contributed by atoms with Crippen LogP contribution in [0.15, 0.2) is 36.4 Å². The largest absolute Gasteiger partial charge is 0.435 e. The molecule has 2 aromatic heterocycles. The van der Waals surface area contributed by atoms with E-state index in [1.54, 1.807) is 13.8 Å². The summed E-state index contributed by atoms with van der Waals surface area (Å²) in [6, 6.07) is 6.37. The maximum absolute atomic E-state index is 13.8. The van der Waals surface area contributed by atoms with E-state index in [4.69, 9.17) is 0 Å². The molecule has 1 N–H and O–H groups in total. The number of rotatable bonds is 5. The number of hydrogen-bond acceptors (Lipinski definition) is 5. The molecule has 1 amide bonds. The normalized spacial score (nSPS) is 11.7. The fourth-order valence-electron chi connectivity index (χ4n) is 2.68. The molecule has 0 saturated carbocycles. The van der Waals surface area contributed by atoms with Gasteiger partial charge in [-0.1, -0.05) is 12.1 Å². The van der Waals surface area contributed by atoms with Crippen LogP contribution >= 0.6 is 11.3 Å². The lowest BCUT2D eigenvalue weighted by Gasteiger charge is -2.09. The molecule has 0 bridgehead atoms. The lowest BCUT2D eigenvalue weighted by atomic mass is 10.2. The van der Waals surface area contributed by atoms with Crippen LogP contribution in [0.2, 0.25) is 0 Å². The molecule has 3 rings (SSSR count). The highest BCUT2D eigenvalue weighted by molar-refractivity contribution is 7.20. The molecule has 0 radical (unpaired) electrons. The number of alkyl halides is 3. The third-order valence-electron chi connectivity index (χ3n) is 4.01. The molecule has 0 aliphatic heterocycles. The van der Waals surface area contributed by atoms with Gasteiger partial charge in [-0.2, -0.15) is 18.3 Å². The van der Waals surface area contributed by atoms with Gasteiger partial charge < -0.3 is 5.32 Å². The van der Waals surface area contributed by atoms with Gasteiger partial charge in [-0.3, -0.25) is 19.6 Å². The van der Waals surface area contributed by atoms with Crippen LogP contribution in [-0.4, -0.2) is 20.6 Å². The maximum Gasteiger partial charge on any atom is 0.435 e. The van der Waals surface area contributed by atoms with Crippen molar-refractivity contribution in [1.29, 1.82) is 0 Å². The van der Waals surface area contributed by atoms with Crippen LogP contribution < -0.4 is 5.32 Å². The Labute approximate surface area is 171 Å². The smallest absolute Gasteiger partial charge is 0.313 e. The molecule has 1 aromatic carbocycles. The van der Waals surface area contributed by atoms with Gasteiger partial charge in [0.1, 0.15) is 15.7 Å². The summed E-state index contributed by atoms with van der Waals surface area (Å²) in [7, 11) is 0. The van der Waals surface area contributed by atoms with E-state index in [0.29, 0.717) is 11.3 Å². The number of benzene rings is 1. The second kappa shape index (κ2) is 7.86. The van der Waals surface area contributed by atoms with Crippen LogP contribution in [-0.2, 0) is 6.18 Å². The average Bonchev–Trinajstić information content (AvgIpc) is 3.25. The van der Waals surface area contributed by atoms with Crippen molar-refractivity contribution in [2.75, 3.05) is 5.32 Å². The van der Waals surface area contributed by atoms with Crippen molar-refractivity contribution < 1.29 is 27.3 Å². The molecule has 0 aliphatic rings. The number of anilines is 1. The number of hydrogen-bond donors (Lipinski definition) is 1. The Morgan fingerprint density at radius 3 is 2.50 bits per heavy atom. The van der Waals surface area contributed by atoms with Gasteiger partial charge in [0.15, 0.2) is 5.69 Å². The van der Waals surface area contributed by atoms with Crippen LogP contribution in [0.3, 0.4) is 0 Å². The Bertz CT molecular complexity index is 1120. The second-order valence-corrected chi connectivity index (χ2v) is 7.52. The fourth-order valence-corrected chi connectivity index (χ4v) is 3.71. The number of thiophene rings is 1. The highest BCUT2D eigenvalue weighted by Crippen LogP contribution is 2.43. The van der Waals surface area contributed by atoms with Crippen molar-refractivity contribution in [3.05, 3.63) is 63.6 Å². The standard InChI is InChI=1S/C18H14F4N4O3S/c1-9(2)25-12(7-14(24-25)18(20,21)22)16-13(26(28)29)8-15(30-16)23-17(27)10-5-3-4-6-11(10)19/h3-9H,1-2H3,(H,23,27). The molecule has 3 aromatic rings. The number of nitrogens with one attached hydrogen (secondary N) is 1. The molecule has 30 heavy (non-hydrogen) atoms. The van der Waals surface area contributed by atoms with Crippen LogP contribution in [0.25, 0.3) is 10.6 Å². The van der Waals surface area contributed by atoms with Gasteiger partial charge in [-0.15, -0.1) is 11.3 Å². The maximum atomic E-state index is 13.8. The minimum atomic E-state index is -4.73. The predicted octanol–water partition coefficient (Wildman–Crippen LogP) is 5.51. The minimum absolute atomic E-state index is 0.0185. The molecule has 0 atom stereocenters. The van der Waals surface area contributed by atoms with Crippen LogP contribution in [0.1, 0.15) is 35.9 Å². The monoisotopic (exact) mass is 442 g/mol. The van der Waals surface area contributed by atoms with Crippen molar-refractivity contribution >= 4 is 27.9 Å². The van der Waals surface area contributed by atoms with E-state index in [1.165, 1.54) is 18.2 Å². The molecular formula is C18H14F4N4O3S. The van der Waals surface area contributed by atoms with Gasteiger partial charge in [0.2, 0.25) is 0 Å². The first-order valence-electron chi connectivity index (χ1n) is 8.50. The van der Waals surface area contributed by atoms with E-state index < -0.39 is 40.2 Å². The summed E-state index contributed by atoms with van der Waals surface area (Å²) in [5.41, 5.74) is -2.08. The molecule has 0 unspecified atom stereocenters. The third-order valence-corrected chi connectivity index (χ3v) is 5.07. The summed E-state index contributed by atoms with van der Waals surface area (Å²) < 4.78 is 54.2. The lowest BCUT2D eigenvalue weighted by molar-refractivity contribution is -0.383. The van der Waals surface area contributed by atoms with E-state index >= 15 is 0 Å². The minimum Gasteiger partial charge on any atom is -0.313 e. The number of aromatic nitrogens is 2. The number of amides is 1. The number of carbonyl (C=O) groups excluding carboxylic acids is 1. The zero-order chi connectivity index (χ0) is 22.2. The second-order valence-electron chi connectivity index (χ2n) is 6.47. The molecule has 158 valence electrons. The number of carbonyl (C=O) groups is 1. The Morgan fingerprint density at radius 2 is 1.93 bits per heavy atom. The first-order valence-corrected chi connectivity index (χ1v) is 9.32. The Hall–Kier alpha value is -3.28. The van der Waals surface area contributed by atoms with Gasteiger partial charge in [-0.05, 0) is 32.0 Å². The van der Waals surface area contributed by atoms with E-state index in [0.717, 1.165) is 22.9 Å². The molecule has 12 heteroatoms. The van der Waals surface area contributed by atoms with Gasteiger partial charge in [-0.25, -0.2) is 4.39 Å². The van der Waals surface area contributed by atoms with Crippen molar-refractivity contribution in [2.45, 2.75) is 26.1 Å². The number of nitrogens with zero attached hydrogens (tertiary/aromatic N) is 3. The lowest BCUT2D eigenvalue weighted by Crippen LogP contribution is -2.12. The van der Waals surface area contributed by atoms with Gasteiger partial charge in [0.25, 0.3) is 11.6 Å². The van der Waals surface area contributed by atoms with E-state index in [2.05, 4.69) is 10.4 Å². The summed E-state index contributed by atoms with van der Waals surface area (Å²) in [5.74, 6) is -1.63. The van der Waals surface area contributed by atoms with Gasteiger partial charge in [0.05, 0.1) is 22.2 Å². The molecule has 0 spiro atoms. The molecule has 0 fully saturated rings. The summed E-state index contributed by atoms with van der Waals surface area (Å²) in [5, 5.41) is 17.4. The quantitative estimate of drug-likeness (QED) is 0.320. The Kier molecular flexibility index (Phi) is 5.61. The van der Waals surface area contributed by atoms with Crippen LogP contribution in [0, 0.1) is 15.9 Å². The highest BCUT2D eigenvalue weighted by Gasteiger charge is 2.37. The van der Waals surface area contributed by atoms with Crippen molar-refractivity contribution in [3.8, 4) is 10.6 Å². The molecule has 2 heterocycles. The Morgan fingerprint density at radius 1 is 1.27 bits per heavy atom. The molecule has 0 saturated heterocycles. The van der Waals surface area contributed by atoms with Gasteiger partial charge >= 0.3 is 6.18 Å². The topological polar surface area (TPSA) is 90.1 Å². The molecular weight excluding hydrogens is 428 g/mol. The number of halogens is 4. The van der Waals surface area contributed by atoms with E-state index in [9.17, 15) is 32.5 Å². The number of nitro groups is 1. The zero-order valence-electron chi connectivity index (χ0n) is 15.5. The SMILES string of the molecule is CC(C)n1nc(C(F)(F)F)cc1-c1sc(NC(=O)c2ccccc2F)cc1[N+](=O)[O-]. The summed E-state index contributed by atoms with van der Waals surface area (Å²) >= 11 is 0.701. The van der Waals surface area contributed by atoms with Crippen molar-refractivity contribution in [3.63, 3.8) is 0 Å². The van der Waals surface area contributed by atoms with Gasteiger partial charge in [0, 0.05) is 6.04 Å². The highest BCUT2D eigenvalue weighted by atomic mass is 32.1. The summed E-state index contributed by atoms with van der Waals surface area (Å²) in [4.78, 5) is 22.9. The van der Waals surface area contributed by atoms with E-state index in [-0.39, 0.29) is 21.1 Å². The predicted molar refractivity (Wildman–Crippen MR) is 102 cm³/mol. The summed E-state index contributed by atoms with van der Waals surface area (Å²) in [6.07, 6.45) is -4.73. The zero-order valence-corrected chi connectivity index (χ0v) is 16.3. The fraction of sp³-hybridized carbons (Fsp3) is 0.222.